The molecule has 0 atom stereocenters. The molecular formula is C12F24O2. The highest BCUT2D eigenvalue weighted by Gasteiger charge is 2.97. The number of alkyl halides is 24. The zero-order chi connectivity index (χ0) is 31.8. The second-order valence-electron chi connectivity index (χ2n) is 6.50. The number of hydrogen-bond acceptors (Lipinski definition) is 2. The van der Waals surface area contributed by atoms with Gasteiger partial charge in [-0.25, -0.2) is 4.79 Å². The third-order valence-electron chi connectivity index (χ3n) is 3.92. The molecule has 0 amide bonds. The average molecular weight is 632 g/mol. The third-order valence-corrected chi connectivity index (χ3v) is 3.92. The Morgan fingerprint density at radius 1 is 0.342 bits per heavy atom. The Bertz CT molecular complexity index is 889. The fourth-order valence-corrected chi connectivity index (χ4v) is 1.71. The molecule has 0 rings (SSSR count). The van der Waals surface area contributed by atoms with E-state index in [4.69, 9.17) is 0 Å². The number of ether oxygens (including phenoxy) is 1. The van der Waals surface area contributed by atoms with Crippen molar-refractivity contribution in [1.29, 1.82) is 0 Å². The van der Waals surface area contributed by atoms with Gasteiger partial charge in [0.05, 0.1) is 0 Å². The van der Waals surface area contributed by atoms with Crippen LogP contribution in [-0.4, -0.2) is 71.8 Å². The van der Waals surface area contributed by atoms with Crippen molar-refractivity contribution in [2.24, 2.45) is 0 Å². The van der Waals surface area contributed by atoms with Gasteiger partial charge in [0.1, 0.15) is 0 Å². The number of hydrogen-bond donors (Lipinski definition) is 0. The Labute approximate surface area is 188 Å². The first-order valence-electron chi connectivity index (χ1n) is 7.65. The molecule has 0 aromatic rings. The summed E-state index contributed by atoms with van der Waals surface area (Å²) in [5.41, 5.74) is 0. The Kier molecular flexibility index (Phi) is 8.14. The van der Waals surface area contributed by atoms with Crippen LogP contribution in [-0.2, 0) is 9.53 Å². The molecule has 0 saturated heterocycles. The molecule has 0 heterocycles. The minimum Gasteiger partial charge on any atom is -0.391 e. The monoisotopic (exact) mass is 632 g/mol. The van der Waals surface area contributed by atoms with Gasteiger partial charge in [-0.1, -0.05) is 0 Å². The molecule has 38 heavy (non-hydrogen) atoms. The number of rotatable bonds is 9. The molecule has 0 fully saturated rings. The van der Waals surface area contributed by atoms with E-state index in [1.807, 2.05) is 0 Å². The summed E-state index contributed by atoms with van der Waals surface area (Å²) in [6.07, 6.45) is -23.8. The fourth-order valence-electron chi connectivity index (χ4n) is 1.71. The summed E-state index contributed by atoms with van der Waals surface area (Å²) in [6, 6.07) is 0. The lowest BCUT2D eigenvalue weighted by atomic mass is 9.88. The summed E-state index contributed by atoms with van der Waals surface area (Å²) in [5, 5.41) is 0. The first kappa shape index (κ1) is 35.8. The van der Waals surface area contributed by atoms with E-state index in [1.54, 1.807) is 0 Å². The van der Waals surface area contributed by atoms with Crippen LogP contribution in [0.3, 0.4) is 0 Å². The van der Waals surface area contributed by atoms with Crippen molar-refractivity contribution in [1.82, 2.24) is 0 Å². The van der Waals surface area contributed by atoms with Crippen LogP contribution < -0.4 is 0 Å². The second kappa shape index (κ2) is 8.64. The summed E-state index contributed by atoms with van der Waals surface area (Å²) < 4.78 is 308. The molecule has 0 aromatic heterocycles. The molecule has 0 radical (unpaired) electrons. The number of carbonyl (C=O) groups is 1. The summed E-state index contributed by atoms with van der Waals surface area (Å²) in [4.78, 5) is 10.3. The van der Waals surface area contributed by atoms with Crippen LogP contribution in [0.4, 0.5) is 105 Å². The lowest BCUT2D eigenvalue weighted by Crippen LogP contribution is -2.76. The van der Waals surface area contributed by atoms with Gasteiger partial charge in [-0.05, 0) is 0 Å². The smallest absolute Gasteiger partial charge is 0.391 e. The Morgan fingerprint density at radius 2 is 0.579 bits per heavy atom. The maximum Gasteiger partial charge on any atom is 0.473 e. The van der Waals surface area contributed by atoms with Crippen LogP contribution in [0.15, 0.2) is 0 Å². The van der Waals surface area contributed by atoms with Gasteiger partial charge in [0.15, 0.2) is 0 Å². The van der Waals surface area contributed by atoms with Gasteiger partial charge >= 0.3 is 71.8 Å². The van der Waals surface area contributed by atoms with Crippen molar-refractivity contribution >= 4 is 5.97 Å². The SMILES string of the molecule is O=C(OC(F)(F)C(F)(F)C(F)(F)C(F)(F)C(F)(F)C(F)(F)C(F)(F)C(F)(F)C(F)(F)F)C(F)(F)C(F)(F)F. The highest BCUT2D eigenvalue weighted by Crippen LogP contribution is 2.65. The second-order valence-corrected chi connectivity index (χ2v) is 6.50. The van der Waals surface area contributed by atoms with E-state index < -0.39 is 71.8 Å². The normalized spacial score (nSPS) is 16.5. The molecule has 0 aliphatic carbocycles. The van der Waals surface area contributed by atoms with Crippen molar-refractivity contribution in [3.05, 3.63) is 0 Å². The van der Waals surface area contributed by atoms with Crippen molar-refractivity contribution in [3.8, 4) is 0 Å². The predicted octanol–water partition coefficient (Wildman–Crippen LogP) is 7.33. The van der Waals surface area contributed by atoms with Gasteiger partial charge < -0.3 is 4.74 Å². The molecule has 0 aliphatic rings. The van der Waals surface area contributed by atoms with Gasteiger partial charge in [0.2, 0.25) is 0 Å². The first-order valence-corrected chi connectivity index (χ1v) is 7.65. The first-order chi connectivity index (χ1) is 15.9. The van der Waals surface area contributed by atoms with Crippen molar-refractivity contribution < 1.29 is 115 Å². The van der Waals surface area contributed by atoms with E-state index >= 15 is 0 Å². The molecule has 0 unspecified atom stereocenters. The number of halogens is 24. The van der Waals surface area contributed by atoms with Crippen molar-refractivity contribution in [3.63, 3.8) is 0 Å². The van der Waals surface area contributed by atoms with Crippen LogP contribution in [0.1, 0.15) is 0 Å². The summed E-state index contributed by atoms with van der Waals surface area (Å²) in [5.74, 6) is -76.1. The molecule has 0 aliphatic heterocycles. The standard InChI is InChI=1S/C12F24O2/c13-2(14,10(29,30)31)1(37)38-12(35,36)9(27,28)7(23,24)5(19,20)3(15,16)4(17,18)6(21,22)8(25,26)11(32,33)34. The Morgan fingerprint density at radius 3 is 0.816 bits per heavy atom. The van der Waals surface area contributed by atoms with E-state index in [1.165, 1.54) is 4.74 Å². The zero-order valence-electron chi connectivity index (χ0n) is 15.9. The van der Waals surface area contributed by atoms with E-state index in [9.17, 15) is 110 Å². The predicted molar refractivity (Wildman–Crippen MR) is 62.7 cm³/mol. The molecule has 26 heteroatoms. The van der Waals surface area contributed by atoms with Crippen molar-refractivity contribution in [2.75, 3.05) is 0 Å². The van der Waals surface area contributed by atoms with Gasteiger partial charge in [-0.15, -0.1) is 0 Å². The van der Waals surface area contributed by atoms with Gasteiger partial charge in [-0.3, -0.25) is 0 Å². The molecule has 0 N–H and O–H groups in total. The topological polar surface area (TPSA) is 26.3 Å². The maximum absolute atomic E-state index is 13.4. The molecule has 0 spiro atoms. The van der Waals surface area contributed by atoms with Gasteiger partial charge in [0, 0.05) is 0 Å². The van der Waals surface area contributed by atoms with E-state index in [0.717, 1.165) is 0 Å². The quantitative estimate of drug-likeness (QED) is 0.197. The highest BCUT2D eigenvalue weighted by molar-refractivity contribution is 5.79. The summed E-state index contributed by atoms with van der Waals surface area (Å²) in [7, 11) is 0. The number of esters is 1. The minimum absolute atomic E-state index is 1.29. The van der Waals surface area contributed by atoms with Gasteiger partial charge in [-0.2, -0.15) is 105 Å². The Hall–Kier alpha value is -2.21. The lowest BCUT2D eigenvalue weighted by Gasteiger charge is -2.43. The van der Waals surface area contributed by atoms with E-state index in [2.05, 4.69) is 0 Å². The zero-order valence-corrected chi connectivity index (χ0v) is 15.9. The largest absolute Gasteiger partial charge is 0.473 e. The van der Waals surface area contributed by atoms with Crippen LogP contribution in [0.5, 0.6) is 0 Å². The molecule has 228 valence electrons. The van der Waals surface area contributed by atoms with Crippen molar-refractivity contribution in [2.45, 2.75) is 65.8 Å². The van der Waals surface area contributed by atoms with Crippen LogP contribution in [0, 0.1) is 0 Å². The van der Waals surface area contributed by atoms with Crippen LogP contribution in [0.2, 0.25) is 0 Å². The molecular weight excluding hydrogens is 632 g/mol. The van der Waals surface area contributed by atoms with E-state index in [-0.39, 0.29) is 0 Å². The van der Waals surface area contributed by atoms with E-state index in [0.29, 0.717) is 0 Å². The molecule has 0 aromatic carbocycles. The maximum atomic E-state index is 13.4. The minimum atomic E-state index is -9.36. The fraction of sp³-hybridized carbons (Fsp3) is 0.917. The summed E-state index contributed by atoms with van der Waals surface area (Å²) >= 11 is 0. The van der Waals surface area contributed by atoms with Crippen LogP contribution >= 0.6 is 0 Å². The highest BCUT2D eigenvalue weighted by atomic mass is 19.4. The number of carbonyl (C=O) groups excluding carboxylic acids is 1. The molecule has 2 nitrogen and oxygen atoms in total. The molecule has 0 saturated carbocycles. The van der Waals surface area contributed by atoms with Crippen LogP contribution in [0.25, 0.3) is 0 Å². The lowest BCUT2D eigenvalue weighted by molar-refractivity contribution is -0.479. The third kappa shape index (κ3) is 4.51. The summed E-state index contributed by atoms with van der Waals surface area (Å²) in [6.45, 7) is 0. The Balaban J connectivity index is 6.91. The average Bonchev–Trinajstić information content (AvgIpc) is 2.64. The molecule has 0 bridgehead atoms. The van der Waals surface area contributed by atoms with Gasteiger partial charge in [0.25, 0.3) is 0 Å².